The van der Waals surface area contributed by atoms with Gasteiger partial charge in [0.15, 0.2) is 0 Å². The van der Waals surface area contributed by atoms with Gasteiger partial charge in [-0.05, 0) is 54.4 Å². The minimum atomic E-state index is -1.28. The molecule has 0 bridgehead atoms. The fourth-order valence-electron chi connectivity index (χ4n) is 4.70. The number of unbranched alkanes of at least 4 members (excludes halogenated alkanes) is 10. The Morgan fingerprint density at radius 2 is 1.16 bits per heavy atom. The van der Waals surface area contributed by atoms with Crippen molar-refractivity contribution in [2.24, 2.45) is 5.92 Å². The molecule has 0 aliphatic carbocycles. The smallest absolute Gasteiger partial charge is 0.333 e. The summed E-state index contributed by atoms with van der Waals surface area (Å²) in [6.45, 7) is 12.4. The lowest BCUT2D eigenvalue weighted by molar-refractivity contribution is -0.197. The summed E-state index contributed by atoms with van der Waals surface area (Å²) in [5.41, 5.74) is -1.69. The van der Waals surface area contributed by atoms with Gasteiger partial charge in [-0.25, -0.2) is 9.59 Å². The Morgan fingerprint density at radius 3 is 1.64 bits per heavy atom. The fraction of sp³-hybridized carbons (Fsp3) is 0.818. The number of carbonyl (C=O) groups is 6. The van der Waals surface area contributed by atoms with Gasteiger partial charge in [-0.15, -0.1) is 5.06 Å². The largest absolute Gasteiger partial charge is 0.459 e. The highest BCUT2D eigenvalue weighted by Crippen LogP contribution is 2.20. The van der Waals surface area contributed by atoms with E-state index in [1.165, 1.54) is 44.9 Å². The van der Waals surface area contributed by atoms with Crippen molar-refractivity contribution in [3.05, 3.63) is 0 Å². The number of esters is 2. The minimum absolute atomic E-state index is 0.0477. The molecule has 0 aromatic carbocycles. The van der Waals surface area contributed by atoms with Crippen LogP contribution in [0, 0.1) is 5.92 Å². The van der Waals surface area contributed by atoms with Gasteiger partial charge < -0.3 is 19.6 Å². The summed E-state index contributed by atoms with van der Waals surface area (Å²) in [5.74, 6) is -5.47. The van der Waals surface area contributed by atoms with E-state index in [-0.39, 0.29) is 25.7 Å². The number of hydroxylamine groups is 2. The summed E-state index contributed by atoms with van der Waals surface area (Å²) in [6.07, 6.45) is 11.9. The third-order valence-corrected chi connectivity index (χ3v) is 6.95. The van der Waals surface area contributed by atoms with E-state index in [0.29, 0.717) is 11.5 Å². The molecule has 2 atom stereocenters. The van der Waals surface area contributed by atoms with Crippen molar-refractivity contribution in [1.82, 2.24) is 10.4 Å². The fourth-order valence-corrected chi connectivity index (χ4v) is 4.70. The maximum atomic E-state index is 13.4. The van der Waals surface area contributed by atoms with Crippen LogP contribution < -0.4 is 5.32 Å². The van der Waals surface area contributed by atoms with Crippen LogP contribution in [0.15, 0.2) is 0 Å². The van der Waals surface area contributed by atoms with Crippen LogP contribution in [0.2, 0.25) is 0 Å². The zero-order valence-corrected chi connectivity index (χ0v) is 28.1. The van der Waals surface area contributed by atoms with E-state index in [2.05, 4.69) is 12.2 Å². The Kier molecular flexibility index (Phi) is 17.2. The van der Waals surface area contributed by atoms with Gasteiger partial charge in [-0.1, -0.05) is 77.6 Å². The summed E-state index contributed by atoms with van der Waals surface area (Å²) in [6, 6.07) is -1.28. The molecule has 1 rings (SSSR count). The number of hydrogen-bond donors (Lipinski definition) is 1. The molecule has 1 unspecified atom stereocenters. The second kappa shape index (κ2) is 19.4. The zero-order chi connectivity index (χ0) is 33.3. The van der Waals surface area contributed by atoms with Gasteiger partial charge in [-0.2, -0.15) is 0 Å². The molecule has 1 fully saturated rings. The first kappa shape index (κ1) is 39.0. The Labute approximate surface area is 263 Å². The van der Waals surface area contributed by atoms with Crippen molar-refractivity contribution in [3.63, 3.8) is 0 Å². The first-order valence-electron chi connectivity index (χ1n) is 16.4. The van der Waals surface area contributed by atoms with E-state index in [4.69, 9.17) is 14.3 Å². The van der Waals surface area contributed by atoms with Gasteiger partial charge in [0.1, 0.15) is 23.2 Å². The number of carbonyl (C=O) groups excluding carboxylic acids is 6. The molecule has 1 aliphatic rings. The number of ether oxygens (including phenoxy) is 2. The van der Waals surface area contributed by atoms with Gasteiger partial charge in [0, 0.05) is 12.8 Å². The standard InChI is InChI=1S/C33H56N2O9/c1-8-9-10-11-12-13-14-15-16-17-18-19-24(30(40)42-32(2,3)4)29(39)34-25(31(41)43-33(5,6)7)20-23-28(38)44-35-26(36)21-22-27(35)37/h24-25H,8-23H2,1-7H3,(H,34,39)/t24?,25-/m0/s1. The van der Waals surface area contributed by atoms with Gasteiger partial charge in [0.2, 0.25) is 5.91 Å². The van der Waals surface area contributed by atoms with Gasteiger partial charge in [-0.3, -0.25) is 19.2 Å². The molecule has 11 nitrogen and oxygen atoms in total. The molecular formula is C33H56N2O9. The molecule has 1 aliphatic heterocycles. The molecule has 11 heteroatoms. The van der Waals surface area contributed by atoms with Crippen LogP contribution >= 0.6 is 0 Å². The molecule has 0 aromatic heterocycles. The van der Waals surface area contributed by atoms with Crippen molar-refractivity contribution < 1.29 is 43.1 Å². The number of hydrogen-bond acceptors (Lipinski definition) is 9. The Morgan fingerprint density at radius 1 is 0.705 bits per heavy atom. The summed E-state index contributed by atoms with van der Waals surface area (Å²) < 4.78 is 11.0. The molecule has 44 heavy (non-hydrogen) atoms. The van der Waals surface area contributed by atoms with Crippen molar-refractivity contribution in [2.45, 2.75) is 168 Å². The average molecular weight is 625 g/mol. The normalized spacial score (nSPS) is 15.1. The summed E-state index contributed by atoms with van der Waals surface area (Å²) in [5, 5.41) is 3.02. The minimum Gasteiger partial charge on any atom is -0.459 e. The maximum absolute atomic E-state index is 13.4. The zero-order valence-electron chi connectivity index (χ0n) is 28.1. The van der Waals surface area contributed by atoms with Crippen LogP contribution in [0.25, 0.3) is 0 Å². The molecule has 1 saturated heterocycles. The number of imide groups is 1. The monoisotopic (exact) mass is 624 g/mol. The topological polar surface area (TPSA) is 145 Å². The third kappa shape index (κ3) is 16.8. The average Bonchev–Trinajstić information content (AvgIpc) is 3.21. The van der Waals surface area contributed by atoms with Crippen LogP contribution in [0.4, 0.5) is 0 Å². The highest BCUT2D eigenvalue weighted by Gasteiger charge is 2.36. The van der Waals surface area contributed by atoms with Crippen LogP contribution in [0.3, 0.4) is 0 Å². The van der Waals surface area contributed by atoms with E-state index in [9.17, 15) is 28.8 Å². The van der Waals surface area contributed by atoms with E-state index in [1.807, 2.05) is 0 Å². The van der Waals surface area contributed by atoms with E-state index in [1.54, 1.807) is 41.5 Å². The maximum Gasteiger partial charge on any atom is 0.333 e. The SMILES string of the molecule is CCCCCCCCCCCCCC(C(=O)N[C@@H](CCC(=O)ON1C(=O)CCC1=O)C(=O)OC(C)(C)C)C(=O)OC(C)(C)C. The second-order valence-electron chi connectivity index (χ2n) is 13.6. The highest BCUT2D eigenvalue weighted by molar-refractivity contribution is 6.01. The highest BCUT2D eigenvalue weighted by atomic mass is 16.7. The van der Waals surface area contributed by atoms with Crippen LogP contribution in [-0.4, -0.2) is 57.9 Å². The van der Waals surface area contributed by atoms with Crippen molar-refractivity contribution in [2.75, 3.05) is 0 Å². The summed E-state index contributed by atoms with van der Waals surface area (Å²) in [7, 11) is 0. The lowest BCUT2D eigenvalue weighted by atomic mass is 9.97. The lowest BCUT2D eigenvalue weighted by Gasteiger charge is -2.27. The van der Waals surface area contributed by atoms with E-state index in [0.717, 1.165) is 19.3 Å². The molecule has 3 amide bonds. The van der Waals surface area contributed by atoms with Gasteiger partial charge >= 0.3 is 17.9 Å². The van der Waals surface area contributed by atoms with Crippen LogP contribution in [0.1, 0.15) is 151 Å². The molecule has 1 heterocycles. The molecule has 1 N–H and O–H groups in total. The molecule has 0 aromatic rings. The van der Waals surface area contributed by atoms with Gasteiger partial charge in [0.25, 0.3) is 11.8 Å². The Bertz CT molecular complexity index is 949. The van der Waals surface area contributed by atoms with Crippen molar-refractivity contribution >= 4 is 35.6 Å². The quantitative estimate of drug-likeness (QED) is 0.0762. The summed E-state index contributed by atoms with van der Waals surface area (Å²) in [4.78, 5) is 80.4. The molecule has 252 valence electrons. The molecule has 0 radical (unpaired) electrons. The molecule has 0 saturated carbocycles. The predicted molar refractivity (Wildman–Crippen MR) is 165 cm³/mol. The Balaban J connectivity index is 2.81. The number of nitrogens with zero attached hydrogens (tertiary/aromatic N) is 1. The molecule has 0 spiro atoms. The first-order chi connectivity index (χ1) is 20.5. The first-order valence-corrected chi connectivity index (χ1v) is 16.4. The Hall–Kier alpha value is -2.98. The van der Waals surface area contributed by atoms with Crippen molar-refractivity contribution in [1.29, 1.82) is 0 Å². The lowest BCUT2D eigenvalue weighted by Crippen LogP contribution is -2.48. The molecular weight excluding hydrogens is 568 g/mol. The number of rotatable bonds is 20. The van der Waals surface area contributed by atoms with Crippen LogP contribution in [0.5, 0.6) is 0 Å². The van der Waals surface area contributed by atoms with E-state index < -0.39 is 65.2 Å². The summed E-state index contributed by atoms with van der Waals surface area (Å²) >= 11 is 0. The van der Waals surface area contributed by atoms with Crippen molar-refractivity contribution in [3.8, 4) is 0 Å². The number of amides is 3. The second-order valence-corrected chi connectivity index (χ2v) is 13.6. The third-order valence-electron chi connectivity index (χ3n) is 6.95. The van der Waals surface area contributed by atoms with E-state index >= 15 is 0 Å². The van der Waals surface area contributed by atoms with Crippen LogP contribution in [-0.2, 0) is 43.1 Å². The number of nitrogens with one attached hydrogen (secondary N) is 1. The van der Waals surface area contributed by atoms with Gasteiger partial charge in [0.05, 0.1) is 6.42 Å². The predicted octanol–water partition coefficient (Wildman–Crippen LogP) is 5.86.